The van der Waals surface area contributed by atoms with E-state index < -0.39 is 23.4 Å². The zero-order valence-electron chi connectivity index (χ0n) is 15.7. The van der Waals surface area contributed by atoms with Crippen LogP contribution in [0.2, 0.25) is 5.02 Å². The largest absolute Gasteiger partial charge is 0.350 e. The number of para-hydroxylation sites is 1. The molecule has 4 rings (SSSR count). The lowest BCUT2D eigenvalue weighted by Crippen LogP contribution is -2.33. The SMILES string of the molecule is Cc1cc(Cl)ccc1NC1=C(c2ccc(F)cc2)C(=O)N(c2ccccc2F)C1=O. The Kier molecular flexibility index (Phi) is 5.10. The van der Waals surface area contributed by atoms with Gasteiger partial charge in [0.25, 0.3) is 11.8 Å². The van der Waals surface area contributed by atoms with Crippen LogP contribution < -0.4 is 10.2 Å². The van der Waals surface area contributed by atoms with Gasteiger partial charge in [-0.2, -0.15) is 0 Å². The standard InChI is InChI=1S/C23H15ClF2N2O2/c1-13-12-15(24)8-11-18(13)27-21-20(14-6-9-16(25)10-7-14)22(29)28(23(21)30)19-5-3-2-4-17(19)26/h2-12,27H,1H3. The molecule has 0 aliphatic carbocycles. The van der Waals surface area contributed by atoms with Crippen LogP contribution in [-0.2, 0) is 9.59 Å². The average Bonchev–Trinajstić information content (AvgIpc) is 2.95. The molecule has 1 heterocycles. The summed E-state index contributed by atoms with van der Waals surface area (Å²) in [5.41, 5.74) is 1.49. The Bertz CT molecular complexity index is 1210. The quantitative estimate of drug-likeness (QED) is 0.576. The number of imide groups is 1. The second kappa shape index (κ2) is 7.72. The molecule has 0 saturated heterocycles. The first-order valence-electron chi connectivity index (χ1n) is 9.03. The highest BCUT2D eigenvalue weighted by molar-refractivity contribution is 6.46. The summed E-state index contributed by atoms with van der Waals surface area (Å²) in [4.78, 5) is 27.2. The molecule has 3 aromatic carbocycles. The van der Waals surface area contributed by atoms with Gasteiger partial charge in [0.2, 0.25) is 0 Å². The van der Waals surface area contributed by atoms with E-state index in [1.54, 1.807) is 25.1 Å². The van der Waals surface area contributed by atoms with Crippen molar-refractivity contribution in [2.45, 2.75) is 6.92 Å². The number of nitrogens with one attached hydrogen (secondary N) is 1. The number of rotatable bonds is 4. The third kappa shape index (κ3) is 3.46. The summed E-state index contributed by atoms with van der Waals surface area (Å²) in [5, 5.41) is 3.51. The first kappa shape index (κ1) is 19.8. The number of hydrogen-bond acceptors (Lipinski definition) is 3. The minimum Gasteiger partial charge on any atom is -0.350 e. The van der Waals surface area contributed by atoms with E-state index in [0.29, 0.717) is 16.3 Å². The molecule has 1 aliphatic rings. The van der Waals surface area contributed by atoms with Crippen LogP contribution in [0.25, 0.3) is 5.57 Å². The molecular formula is C23H15ClF2N2O2. The van der Waals surface area contributed by atoms with Crippen molar-refractivity contribution in [1.82, 2.24) is 0 Å². The molecule has 30 heavy (non-hydrogen) atoms. The second-order valence-electron chi connectivity index (χ2n) is 6.74. The maximum atomic E-state index is 14.4. The lowest BCUT2D eigenvalue weighted by Gasteiger charge is -2.16. The Balaban J connectivity index is 1.86. The number of aryl methyl sites for hydroxylation is 1. The van der Waals surface area contributed by atoms with Gasteiger partial charge >= 0.3 is 0 Å². The van der Waals surface area contributed by atoms with E-state index in [1.165, 1.54) is 48.5 Å². The van der Waals surface area contributed by atoms with Crippen LogP contribution in [0, 0.1) is 18.6 Å². The Hall–Kier alpha value is -3.51. The third-order valence-electron chi connectivity index (χ3n) is 4.76. The molecular weight excluding hydrogens is 410 g/mol. The molecule has 0 spiro atoms. The molecule has 0 saturated carbocycles. The fraction of sp³-hybridized carbons (Fsp3) is 0.0435. The van der Waals surface area contributed by atoms with Crippen LogP contribution in [0.5, 0.6) is 0 Å². The van der Waals surface area contributed by atoms with Crippen LogP contribution in [-0.4, -0.2) is 11.8 Å². The van der Waals surface area contributed by atoms with Crippen molar-refractivity contribution in [3.63, 3.8) is 0 Å². The molecule has 1 aliphatic heterocycles. The van der Waals surface area contributed by atoms with Crippen molar-refractivity contribution >= 4 is 40.4 Å². The number of carbonyl (C=O) groups excluding carboxylic acids is 2. The Labute approximate surface area is 176 Å². The summed E-state index contributed by atoms with van der Waals surface area (Å²) in [6.07, 6.45) is 0. The zero-order chi connectivity index (χ0) is 21.4. The van der Waals surface area contributed by atoms with Crippen molar-refractivity contribution < 1.29 is 18.4 Å². The van der Waals surface area contributed by atoms with Gasteiger partial charge in [0.05, 0.1) is 11.3 Å². The molecule has 1 N–H and O–H groups in total. The van der Waals surface area contributed by atoms with E-state index >= 15 is 0 Å². The number of halogens is 3. The maximum Gasteiger partial charge on any atom is 0.282 e. The van der Waals surface area contributed by atoms with E-state index in [4.69, 9.17) is 11.6 Å². The van der Waals surface area contributed by atoms with Gasteiger partial charge in [0.1, 0.15) is 17.3 Å². The summed E-state index contributed by atoms with van der Waals surface area (Å²) < 4.78 is 27.8. The normalized spacial score (nSPS) is 13.9. The summed E-state index contributed by atoms with van der Waals surface area (Å²) in [6.45, 7) is 1.79. The number of anilines is 2. The van der Waals surface area contributed by atoms with Gasteiger partial charge in [0.15, 0.2) is 0 Å². The minimum atomic E-state index is -0.709. The third-order valence-corrected chi connectivity index (χ3v) is 4.99. The molecule has 3 aromatic rings. The van der Waals surface area contributed by atoms with Crippen molar-refractivity contribution in [1.29, 1.82) is 0 Å². The highest BCUT2D eigenvalue weighted by Gasteiger charge is 2.41. The molecule has 0 aromatic heterocycles. The molecule has 2 amide bonds. The van der Waals surface area contributed by atoms with Gasteiger partial charge in [-0.1, -0.05) is 35.9 Å². The van der Waals surface area contributed by atoms with Crippen LogP contribution in [0.3, 0.4) is 0 Å². The van der Waals surface area contributed by atoms with E-state index in [0.717, 1.165) is 10.5 Å². The number of benzene rings is 3. The number of hydrogen-bond donors (Lipinski definition) is 1. The molecule has 0 fully saturated rings. The predicted octanol–water partition coefficient (Wildman–Crippen LogP) is 5.32. The van der Waals surface area contributed by atoms with Gasteiger partial charge in [0, 0.05) is 10.7 Å². The Morgan fingerprint density at radius 3 is 2.27 bits per heavy atom. The van der Waals surface area contributed by atoms with Gasteiger partial charge in [-0.25, -0.2) is 13.7 Å². The first-order valence-corrected chi connectivity index (χ1v) is 9.41. The molecule has 0 radical (unpaired) electrons. The second-order valence-corrected chi connectivity index (χ2v) is 7.17. The van der Waals surface area contributed by atoms with Crippen LogP contribution in [0.15, 0.2) is 72.4 Å². The first-order chi connectivity index (χ1) is 14.4. The fourth-order valence-electron chi connectivity index (χ4n) is 3.28. The van der Waals surface area contributed by atoms with Gasteiger partial charge < -0.3 is 5.32 Å². The number of nitrogens with zero attached hydrogens (tertiary/aromatic N) is 1. The van der Waals surface area contributed by atoms with E-state index in [2.05, 4.69) is 5.32 Å². The number of carbonyl (C=O) groups is 2. The smallest absolute Gasteiger partial charge is 0.282 e. The van der Waals surface area contributed by atoms with Crippen molar-refractivity contribution in [2.75, 3.05) is 10.2 Å². The van der Waals surface area contributed by atoms with Gasteiger partial charge in [-0.15, -0.1) is 0 Å². The van der Waals surface area contributed by atoms with E-state index in [-0.39, 0.29) is 17.0 Å². The molecule has 150 valence electrons. The fourth-order valence-corrected chi connectivity index (χ4v) is 3.51. The lowest BCUT2D eigenvalue weighted by molar-refractivity contribution is -0.120. The lowest BCUT2D eigenvalue weighted by atomic mass is 10.0. The molecule has 0 bridgehead atoms. The molecule has 7 heteroatoms. The van der Waals surface area contributed by atoms with E-state index in [1.807, 2.05) is 0 Å². The predicted molar refractivity (Wildman–Crippen MR) is 112 cm³/mol. The van der Waals surface area contributed by atoms with Crippen molar-refractivity contribution in [2.24, 2.45) is 0 Å². The Morgan fingerprint density at radius 1 is 0.900 bits per heavy atom. The van der Waals surface area contributed by atoms with Gasteiger partial charge in [-0.05, 0) is 60.5 Å². The molecule has 4 nitrogen and oxygen atoms in total. The van der Waals surface area contributed by atoms with Gasteiger partial charge in [-0.3, -0.25) is 9.59 Å². The maximum absolute atomic E-state index is 14.4. The summed E-state index contributed by atoms with van der Waals surface area (Å²) in [5.74, 6) is -2.60. The topological polar surface area (TPSA) is 49.4 Å². The molecule has 0 unspecified atom stereocenters. The average molecular weight is 425 g/mol. The summed E-state index contributed by atoms with van der Waals surface area (Å²) in [6, 6.07) is 15.7. The Morgan fingerprint density at radius 2 is 1.60 bits per heavy atom. The van der Waals surface area contributed by atoms with Crippen molar-refractivity contribution in [3.05, 3.63) is 100 Å². The zero-order valence-corrected chi connectivity index (χ0v) is 16.5. The highest BCUT2D eigenvalue weighted by Crippen LogP contribution is 2.35. The van der Waals surface area contributed by atoms with Crippen LogP contribution in [0.4, 0.5) is 20.2 Å². The van der Waals surface area contributed by atoms with Crippen molar-refractivity contribution in [3.8, 4) is 0 Å². The highest BCUT2D eigenvalue weighted by atomic mass is 35.5. The summed E-state index contributed by atoms with van der Waals surface area (Å²) in [7, 11) is 0. The van der Waals surface area contributed by atoms with E-state index in [9.17, 15) is 18.4 Å². The van der Waals surface area contributed by atoms with Crippen LogP contribution >= 0.6 is 11.6 Å². The minimum absolute atomic E-state index is 0.0256. The molecule has 0 atom stereocenters. The number of amides is 2. The monoisotopic (exact) mass is 424 g/mol. The summed E-state index contributed by atoms with van der Waals surface area (Å²) >= 11 is 6.00. The van der Waals surface area contributed by atoms with Crippen LogP contribution in [0.1, 0.15) is 11.1 Å².